The van der Waals surface area contributed by atoms with Gasteiger partial charge in [-0.05, 0) is 44.0 Å². The quantitative estimate of drug-likeness (QED) is 0.471. The Morgan fingerprint density at radius 1 is 1.19 bits per heavy atom. The van der Waals surface area contributed by atoms with Gasteiger partial charge in [0.15, 0.2) is 15.7 Å². The van der Waals surface area contributed by atoms with E-state index in [-0.39, 0.29) is 21.3 Å². The summed E-state index contributed by atoms with van der Waals surface area (Å²) in [5.41, 5.74) is 2.03. The van der Waals surface area contributed by atoms with Crippen molar-refractivity contribution in [2.45, 2.75) is 24.7 Å². The number of benzene rings is 1. The highest BCUT2D eigenvalue weighted by atomic mass is 35.5. The summed E-state index contributed by atoms with van der Waals surface area (Å²) < 4.78 is 44.3. The minimum absolute atomic E-state index is 0.00426. The maximum Gasteiger partial charge on any atom is 0.265 e. The highest BCUT2D eigenvalue weighted by Gasteiger charge is 2.41. The highest BCUT2D eigenvalue weighted by Crippen LogP contribution is 2.40. The smallest absolute Gasteiger partial charge is 0.265 e. The van der Waals surface area contributed by atoms with Crippen LogP contribution < -0.4 is 10.2 Å². The molecule has 4 heterocycles. The van der Waals surface area contributed by atoms with Crippen LogP contribution in [0.2, 0.25) is 5.02 Å². The van der Waals surface area contributed by atoms with E-state index < -0.39 is 21.6 Å². The molecule has 0 atom stereocenters. The minimum Gasteiger partial charge on any atom is -0.380 e. The maximum atomic E-state index is 15.2. The van der Waals surface area contributed by atoms with Gasteiger partial charge < -0.3 is 15.0 Å². The average molecular weight is 550 g/mol. The molecule has 0 unspecified atom stereocenters. The van der Waals surface area contributed by atoms with Crippen molar-refractivity contribution in [2.75, 3.05) is 42.8 Å². The fourth-order valence-corrected chi connectivity index (χ4v) is 6.49. The van der Waals surface area contributed by atoms with Crippen LogP contribution in [0, 0.1) is 18.2 Å². The molecule has 1 N–H and O–H groups in total. The van der Waals surface area contributed by atoms with Crippen molar-refractivity contribution in [3.05, 3.63) is 57.1 Å². The van der Waals surface area contributed by atoms with E-state index in [1.54, 1.807) is 19.2 Å². The number of carbonyl (C=O) groups excluding carboxylic acids is 1. The van der Waals surface area contributed by atoms with Crippen LogP contribution in [0.5, 0.6) is 0 Å². The van der Waals surface area contributed by atoms with Crippen LogP contribution in [0.1, 0.15) is 27.4 Å². The van der Waals surface area contributed by atoms with Gasteiger partial charge in [0.25, 0.3) is 5.91 Å². The normalized spacial score (nSPS) is 17.2. The van der Waals surface area contributed by atoms with E-state index in [1.807, 2.05) is 0 Å². The van der Waals surface area contributed by atoms with Gasteiger partial charge in [-0.25, -0.2) is 12.8 Å². The maximum absolute atomic E-state index is 15.2. The van der Waals surface area contributed by atoms with Crippen LogP contribution in [-0.2, 0) is 14.6 Å². The van der Waals surface area contributed by atoms with Gasteiger partial charge in [-0.15, -0.1) is 11.3 Å². The van der Waals surface area contributed by atoms with Crippen LogP contribution in [0.3, 0.4) is 0 Å². The predicted octanol–water partition coefficient (Wildman–Crippen LogP) is 5.18. The third-order valence-corrected chi connectivity index (χ3v) is 9.15. The van der Waals surface area contributed by atoms with Crippen molar-refractivity contribution in [1.82, 2.24) is 4.98 Å². The van der Waals surface area contributed by atoms with Gasteiger partial charge in [-0.2, -0.15) is 0 Å². The Bertz CT molecular complexity index is 1440. The summed E-state index contributed by atoms with van der Waals surface area (Å²) in [6.07, 6.45) is 4.80. The van der Waals surface area contributed by atoms with Crippen LogP contribution in [0.25, 0.3) is 11.3 Å². The van der Waals surface area contributed by atoms with Gasteiger partial charge in [0.1, 0.15) is 5.69 Å². The Morgan fingerprint density at radius 3 is 2.53 bits per heavy atom. The van der Waals surface area contributed by atoms with Gasteiger partial charge in [-0.1, -0.05) is 11.6 Å². The van der Waals surface area contributed by atoms with E-state index in [4.69, 9.17) is 16.3 Å². The SMILES string of the molecule is Cc1sc(C(=O)Nc2cc(Cl)cc(S(C)(=O)=O)c2)cc1-c1ncc(N2CCC3(CC2)COC3)cc1F. The van der Waals surface area contributed by atoms with Crippen LogP contribution >= 0.6 is 22.9 Å². The van der Waals surface area contributed by atoms with E-state index >= 15 is 4.39 Å². The molecule has 2 aromatic heterocycles. The Hall–Kier alpha value is -2.53. The van der Waals surface area contributed by atoms with E-state index in [2.05, 4.69) is 15.2 Å². The zero-order valence-electron chi connectivity index (χ0n) is 19.8. The number of nitrogens with zero attached hydrogens (tertiary/aromatic N) is 2. The number of pyridine rings is 1. The Balaban J connectivity index is 1.33. The molecule has 1 aromatic carbocycles. The minimum atomic E-state index is -3.50. The van der Waals surface area contributed by atoms with Gasteiger partial charge in [-0.3, -0.25) is 9.78 Å². The summed E-state index contributed by atoms with van der Waals surface area (Å²) in [5.74, 6) is -0.893. The molecule has 1 spiro atoms. The predicted molar refractivity (Wildman–Crippen MR) is 139 cm³/mol. The number of halogens is 2. The van der Waals surface area contributed by atoms with Crippen molar-refractivity contribution < 1.29 is 22.3 Å². The molecule has 0 saturated carbocycles. The van der Waals surface area contributed by atoms with Crippen molar-refractivity contribution in [2.24, 2.45) is 5.41 Å². The topological polar surface area (TPSA) is 88.6 Å². The van der Waals surface area contributed by atoms with Crippen molar-refractivity contribution >= 4 is 50.1 Å². The molecule has 0 radical (unpaired) electrons. The molecule has 1 amide bonds. The molecule has 0 bridgehead atoms. The second-order valence-corrected chi connectivity index (χ2v) is 13.2. The Morgan fingerprint density at radius 2 is 1.92 bits per heavy atom. The second-order valence-electron chi connectivity index (χ2n) is 9.49. The first-order valence-corrected chi connectivity index (χ1v) is 14.5. The van der Waals surface area contributed by atoms with E-state index in [1.165, 1.54) is 35.6 Å². The Labute approximate surface area is 218 Å². The molecule has 11 heteroatoms. The number of anilines is 2. The van der Waals surface area contributed by atoms with Gasteiger partial charge in [0, 0.05) is 52.0 Å². The number of aromatic nitrogens is 1. The lowest BCUT2D eigenvalue weighted by atomic mass is 9.77. The number of aryl methyl sites for hydroxylation is 1. The summed E-state index contributed by atoms with van der Waals surface area (Å²) in [5, 5.41) is 2.87. The third kappa shape index (κ3) is 5.00. The lowest BCUT2D eigenvalue weighted by molar-refractivity contribution is -0.124. The molecule has 2 aliphatic heterocycles. The molecule has 2 fully saturated rings. The number of sulfone groups is 1. The summed E-state index contributed by atoms with van der Waals surface area (Å²) in [6, 6.07) is 7.25. The first-order valence-electron chi connectivity index (χ1n) is 11.4. The molecule has 0 aliphatic carbocycles. The molecule has 7 nitrogen and oxygen atoms in total. The van der Waals surface area contributed by atoms with E-state index in [0.717, 1.165) is 56.0 Å². The number of hydrogen-bond acceptors (Lipinski definition) is 7. The van der Waals surface area contributed by atoms with Crippen LogP contribution in [-0.4, -0.2) is 51.9 Å². The first-order chi connectivity index (χ1) is 17.0. The molecular formula is C25H25ClFN3O4S2. The van der Waals surface area contributed by atoms with Gasteiger partial charge >= 0.3 is 0 Å². The summed E-state index contributed by atoms with van der Waals surface area (Å²) in [4.78, 5) is 20.5. The zero-order chi connectivity index (χ0) is 25.7. The average Bonchev–Trinajstić information content (AvgIpc) is 3.18. The number of carbonyl (C=O) groups is 1. The molecule has 36 heavy (non-hydrogen) atoms. The molecular weight excluding hydrogens is 525 g/mol. The monoisotopic (exact) mass is 549 g/mol. The fourth-order valence-electron chi connectivity index (χ4n) is 4.59. The van der Waals surface area contributed by atoms with Crippen molar-refractivity contribution in [1.29, 1.82) is 0 Å². The summed E-state index contributed by atoms with van der Waals surface area (Å²) in [7, 11) is -3.50. The molecule has 2 saturated heterocycles. The largest absolute Gasteiger partial charge is 0.380 e. The molecule has 2 aliphatic rings. The summed E-state index contributed by atoms with van der Waals surface area (Å²) in [6.45, 7) is 5.12. The van der Waals surface area contributed by atoms with E-state index in [0.29, 0.717) is 15.9 Å². The standard InChI is InChI=1S/C25H25ClFN3O4S2/c1-15-20(11-22(35-15)24(31)29-17-7-16(26)8-19(9-17)36(2,32)33)23-21(27)10-18(12-28-23)30-5-3-25(4-6-30)13-34-14-25/h7-12H,3-6,13-14H2,1-2H3,(H,29,31). The van der Waals surface area contributed by atoms with Crippen LogP contribution in [0.15, 0.2) is 41.4 Å². The van der Waals surface area contributed by atoms with Crippen molar-refractivity contribution in [3.8, 4) is 11.3 Å². The number of amides is 1. The van der Waals surface area contributed by atoms with Gasteiger partial charge in [0.05, 0.1) is 34.9 Å². The highest BCUT2D eigenvalue weighted by molar-refractivity contribution is 7.90. The second kappa shape index (κ2) is 9.41. The van der Waals surface area contributed by atoms with E-state index in [9.17, 15) is 13.2 Å². The number of piperidine rings is 1. The lowest BCUT2D eigenvalue weighted by Gasteiger charge is -2.47. The lowest BCUT2D eigenvalue weighted by Crippen LogP contribution is -2.51. The Kier molecular flexibility index (Phi) is 6.57. The van der Waals surface area contributed by atoms with Crippen molar-refractivity contribution in [3.63, 3.8) is 0 Å². The first kappa shape index (κ1) is 25.1. The number of rotatable bonds is 5. The number of hydrogen-bond donors (Lipinski definition) is 1. The molecule has 190 valence electrons. The summed E-state index contributed by atoms with van der Waals surface area (Å²) >= 11 is 7.24. The zero-order valence-corrected chi connectivity index (χ0v) is 22.2. The molecule has 5 rings (SSSR count). The molecule has 3 aromatic rings. The van der Waals surface area contributed by atoms with Crippen LogP contribution in [0.4, 0.5) is 15.8 Å². The number of thiophene rings is 1. The third-order valence-electron chi connectivity index (χ3n) is 6.79. The number of nitrogens with one attached hydrogen (secondary N) is 1. The number of ether oxygens (including phenoxy) is 1. The fraction of sp³-hybridized carbons (Fsp3) is 0.360. The van der Waals surface area contributed by atoms with Gasteiger partial charge in [0.2, 0.25) is 0 Å².